The average molecular weight is 449 g/mol. The molecule has 0 spiro atoms. The molecule has 0 aliphatic carbocycles. The molecule has 0 radical (unpaired) electrons. The zero-order valence-electron chi connectivity index (χ0n) is 21.8. The lowest BCUT2D eigenvalue weighted by Gasteiger charge is -2.32. The van der Waals surface area contributed by atoms with Gasteiger partial charge >= 0.3 is 14.2 Å². The molecule has 2 saturated heterocycles. The lowest BCUT2D eigenvalue weighted by molar-refractivity contribution is 0.00578. The van der Waals surface area contributed by atoms with Gasteiger partial charge in [0.2, 0.25) is 0 Å². The van der Waals surface area contributed by atoms with E-state index in [9.17, 15) is 0 Å². The first kappa shape index (κ1) is 24.3. The van der Waals surface area contributed by atoms with Crippen molar-refractivity contribution in [2.75, 3.05) is 0 Å². The van der Waals surface area contributed by atoms with Crippen LogP contribution in [0.2, 0.25) is 0 Å². The van der Waals surface area contributed by atoms with Gasteiger partial charge in [-0.05, 0) is 79.3 Å². The molecule has 0 amide bonds. The number of aryl methyl sites for hydroxylation is 1. The highest BCUT2D eigenvalue weighted by Gasteiger charge is 2.53. The first-order valence-corrected chi connectivity index (χ1v) is 11.7. The number of hydrogen-bond donors (Lipinski definition) is 0. The molecule has 4 rings (SSSR count). The molecular formula is C26H37B2NO4. The standard InChI is InChI=1S/C26H37B2NO4/c1-12-18(27-30-23(3,4)24(5,6)31-27)15-20-17(2)29(11)22-14-13-19(16-21(20)22)28-32-25(7,8)26(9,10)33-28/h12-16H,1H2,2-11H3/b18-15+. The fraction of sp³-hybridized carbons (Fsp3) is 0.538. The minimum Gasteiger partial charge on any atom is -0.399 e. The Hall–Kier alpha value is -1.79. The van der Waals surface area contributed by atoms with Crippen LogP contribution in [0.25, 0.3) is 17.0 Å². The van der Waals surface area contributed by atoms with Crippen molar-refractivity contribution in [3.63, 3.8) is 0 Å². The second-order valence-electron chi connectivity index (χ2n) is 11.4. The van der Waals surface area contributed by atoms with Crippen molar-refractivity contribution < 1.29 is 18.6 Å². The van der Waals surface area contributed by atoms with Crippen LogP contribution in [0.4, 0.5) is 0 Å². The third-order valence-corrected chi connectivity index (χ3v) is 8.16. The van der Waals surface area contributed by atoms with Crippen molar-refractivity contribution in [3.8, 4) is 0 Å². The van der Waals surface area contributed by atoms with Gasteiger partial charge in [0.25, 0.3) is 0 Å². The molecule has 0 N–H and O–H groups in total. The minimum absolute atomic E-state index is 0.380. The summed E-state index contributed by atoms with van der Waals surface area (Å²) in [4.78, 5) is 0. The van der Waals surface area contributed by atoms with Crippen LogP contribution in [0, 0.1) is 6.92 Å². The number of benzene rings is 1. The molecule has 0 bridgehead atoms. The Balaban J connectivity index is 1.77. The molecule has 1 aromatic carbocycles. The summed E-state index contributed by atoms with van der Waals surface area (Å²) < 4.78 is 27.4. The largest absolute Gasteiger partial charge is 0.494 e. The molecule has 176 valence electrons. The Kier molecular flexibility index (Phi) is 5.61. The van der Waals surface area contributed by atoms with Gasteiger partial charge in [-0.15, -0.1) is 0 Å². The Morgan fingerprint density at radius 3 is 1.91 bits per heavy atom. The van der Waals surface area contributed by atoms with E-state index >= 15 is 0 Å². The summed E-state index contributed by atoms with van der Waals surface area (Å²) in [6, 6.07) is 6.42. The van der Waals surface area contributed by atoms with E-state index in [1.807, 2.05) is 6.08 Å². The fourth-order valence-electron chi connectivity index (χ4n) is 4.30. The summed E-state index contributed by atoms with van der Waals surface area (Å²) in [6.07, 6.45) is 3.97. The second kappa shape index (κ2) is 7.61. The van der Waals surface area contributed by atoms with Crippen LogP contribution in [-0.2, 0) is 25.7 Å². The number of aromatic nitrogens is 1. The highest BCUT2D eigenvalue weighted by Crippen LogP contribution is 2.40. The SMILES string of the molecule is C=C/C(=C\c1c(C)n(C)c2ccc(B3OC(C)(C)C(C)(C)O3)cc12)B1OC(C)(C)C(C)(C)O1. The van der Waals surface area contributed by atoms with Crippen molar-refractivity contribution in [3.05, 3.63) is 47.6 Å². The van der Waals surface area contributed by atoms with E-state index in [0.717, 1.165) is 33.1 Å². The molecule has 2 fully saturated rings. The lowest BCUT2D eigenvalue weighted by Crippen LogP contribution is -2.41. The fourth-order valence-corrected chi connectivity index (χ4v) is 4.30. The summed E-state index contributed by atoms with van der Waals surface area (Å²) in [6.45, 7) is 22.7. The van der Waals surface area contributed by atoms with Crippen LogP contribution in [0.1, 0.15) is 66.6 Å². The maximum Gasteiger partial charge on any atom is 0.494 e. The van der Waals surface area contributed by atoms with E-state index in [1.54, 1.807) is 0 Å². The zero-order valence-corrected chi connectivity index (χ0v) is 21.8. The Morgan fingerprint density at radius 2 is 1.39 bits per heavy atom. The summed E-state index contributed by atoms with van der Waals surface area (Å²) in [5.41, 5.74) is 3.78. The van der Waals surface area contributed by atoms with Crippen molar-refractivity contribution in [1.82, 2.24) is 4.57 Å². The maximum atomic E-state index is 6.30. The molecule has 2 aliphatic rings. The Morgan fingerprint density at radius 1 is 0.879 bits per heavy atom. The molecule has 1 aromatic heterocycles. The maximum absolute atomic E-state index is 6.30. The smallest absolute Gasteiger partial charge is 0.399 e. The van der Waals surface area contributed by atoms with Gasteiger partial charge in [0.15, 0.2) is 0 Å². The van der Waals surface area contributed by atoms with Gasteiger partial charge in [0.05, 0.1) is 22.4 Å². The number of allylic oxidation sites excluding steroid dienone is 2. The van der Waals surface area contributed by atoms with Crippen LogP contribution >= 0.6 is 0 Å². The zero-order chi connectivity index (χ0) is 24.6. The predicted octanol–water partition coefficient (Wildman–Crippen LogP) is 4.99. The topological polar surface area (TPSA) is 41.9 Å². The molecule has 3 heterocycles. The van der Waals surface area contributed by atoms with Gasteiger partial charge in [-0.3, -0.25) is 0 Å². The first-order valence-electron chi connectivity index (χ1n) is 11.7. The van der Waals surface area contributed by atoms with E-state index in [4.69, 9.17) is 18.6 Å². The number of fused-ring (bicyclic) bond motifs is 1. The third kappa shape index (κ3) is 3.83. The van der Waals surface area contributed by atoms with Crippen molar-refractivity contribution in [2.24, 2.45) is 7.05 Å². The Bertz CT molecular complexity index is 1110. The molecule has 33 heavy (non-hydrogen) atoms. The number of hydrogen-bond acceptors (Lipinski definition) is 4. The minimum atomic E-state index is -0.464. The van der Waals surface area contributed by atoms with Crippen molar-refractivity contribution >= 4 is 36.7 Å². The highest BCUT2D eigenvalue weighted by molar-refractivity contribution is 6.62. The van der Waals surface area contributed by atoms with E-state index in [-0.39, 0.29) is 11.2 Å². The van der Waals surface area contributed by atoms with Crippen LogP contribution < -0.4 is 5.46 Å². The van der Waals surface area contributed by atoms with E-state index in [0.29, 0.717) is 0 Å². The normalized spacial score (nSPS) is 23.5. The lowest BCUT2D eigenvalue weighted by atomic mass is 9.76. The molecule has 5 nitrogen and oxygen atoms in total. The van der Waals surface area contributed by atoms with E-state index in [2.05, 4.69) is 105 Å². The van der Waals surface area contributed by atoms with Crippen molar-refractivity contribution in [2.45, 2.75) is 84.7 Å². The van der Waals surface area contributed by atoms with Gasteiger partial charge in [-0.25, -0.2) is 0 Å². The molecule has 7 heteroatoms. The summed E-state index contributed by atoms with van der Waals surface area (Å²) in [5.74, 6) is 0. The third-order valence-electron chi connectivity index (χ3n) is 8.16. The quantitative estimate of drug-likeness (QED) is 0.488. The summed E-state index contributed by atoms with van der Waals surface area (Å²) in [7, 11) is 1.22. The summed E-state index contributed by atoms with van der Waals surface area (Å²) in [5, 5.41) is 1.14. The number of nitrogens with zero attached hydrogens (tertiary/aromatic N) is 1. The van der Waals surface area contributed by atoms with E-state index < -0.39 is 25.4 Å². The van der Waals surface area contributed by atoms with Crippen molar-refractivity contribution in [1.29, 1.82) is 0 Å². The van der Waals surface area contributed by atoms with Crippen LogP contribution in [0.5, 0.6) is 0 Å². The average Bonchev–Trinajstić information content (AvgIpc) is 3.17. The van der Waals surface area contributed by atoms with Crippen LogP contribution in [0.3, 0.4) is 0 Å². The van der Waals surface area contributed by atoms with Gasteiger partial charge in [-0.1, -0.05) is 30.9 Å². The molecular weight excluding hydrogens is 412 g/mol. The molecule has 0 atom stereocenters. The second-order valence-corrected chi connectivity index (χ2v) is 11.4. The monoisotopic (exact) mass is 449 g/mol. The van der Waals surface area contributed by atoms with Gasteiger partial charge in [-0.2, -0.15) is 0 Å². The Labute approximate surface area is 199 Å². The predicted molar refractivity (Wildman–Crippen MR) is 138 cm³/mol. The molecule has 2 aliphatic heterocycles. The number of rotatable bonds is 4. The van der Waals surface area contributed by atoms with Crippen LogP contribution in [0.15, 0.2) is 36.3 Å². The van der Waals surface area contributed by atoms with Gasteiger partial charge < -0.3 is 23.2 Å². The first-order chi connectivity index (χ1) is 15.1. The summed E-state index contributed by atoms with van der Waals surface area (Å²) >= 11 is 0. The van der Waals surface area contributed by atoms with Crippen LogP contribution in [-0.4, -0.2) is 41.2 Å². The molecule has 0 unspecified atom stereocenters. The molecule has 2 aromatic rings. The van der Waals surface area contributed by atoms with E-state index in [1.165, 1.54) is 0 Å². The van der Waals surface area contributed by atoms with Gasteiger partial charge in [0, 0.05) is 29.2 Å². The highest BCUT2D eigenvalue weighted by atomic mass is 16.7. The molecule has 0 saturated carbocycles. The van der Waals surface area contributed by atoms with Gasteiger partial charge in [0.1, 0.15) is 0 Å².